The Bertz CT molecular complexity index is 587. The molecule has 0 aromatic heterocycles. The van der Waals surface area contributed by atoms with E-state index in [0.717, 1.165) is 41.9 Å². The predicted molar refractivity (Wildman–Crippen MR) is 90.6 cm³/mol. The Morgan fingerprint density at radius 2 is 2.17 bits per heavy atom. The molecule has 126 valence electrons. The first-order chi connectivity index (χ1) is 11.0. The quantitative estimate of drug-likeness (QED) is 0.493. The number of nitrogens with one attached hydrogen (secondary N) is 1. The number of hydrogen-bond acceptors (Lipinski definition) is 3. The van der Waals surface area contributed by atoms with Crippen LogP contribution in [0.15, 0.2) is 27.7 Å². The molecule has 2 rings (SSSR count). The second-order valence-electron chi connectivity index (χ2n) is 5.42. The van der Waals surface area contributed by atoms with Crippen LogP contribution in [0.3, 0.4) is 0 Å². The van der Waals surface area contributed by atoms with Gasteiger partial charge >= 0.3 is 5.97 Å². The van der Waals surface area contributed by atoms with Crippen molar-refractivity contribution in [2.45, 2.75) is 19.4 Å². The van der Waals surface area contributed by atoms with Gasteiger partial charge in [-0.15, -0.1) is 0 Å². The van der Waals surface area contributed by atoms with Crippen LogP contribution in [0.25, 0.3) is 0 Å². The number of halogens is 2. The molecule has 0 saturated carbocycles. The van der Waals surface area contributed by atoms with E-state index in [0.29, 0.717) is 6.54 Å². The molecule has 0 atom stereocenters. The minimum atomic E-state index is -0.265. The lowest BCUT2D eigenvalue weighted by atomic mass is 9.97. The molecule has 23 heavy (non-hydrogen) atoms. The molecule has 0 aliphatic carbocycles. The molecule has 7 heteroatoms. The Hall–Kier alpha value is -1.63. The summed E-state index contributed by atoms with van der Waals surface area (Å²) < 4.78 is 19.0. The summed E-state index contributed by atoms with van der Waals surface area (Å²) in [5, 5.41) is 3.24. The van der Waals surface area contributed by atoms with Crippen LogP contribution < -0.4 is 5.32 Å². The lowest BCUT2D eigenvalue weighted by Gasteiger charge is -2.33. The average molecular weight is 386 g/mol. The van der Waals surface area contributed by atoms with Gasteiger partial charge in [0.15, 0.2) is 5.96 Å². The lowest BCUT2D eigenvalue weighted by Crippen LogP contribution is -2.46. The van der Waals surface area contributed by atoms with Gasteiger partial charge in [0.25, 0.3) is 0 Å². The summed E-state index contributed by atoms with van der Waals surface area (Å²) in [6, 6.07) is 4.60. The summed E-state index contributed by atoms with van der Waals surface area (Å²) in [6.45, 7) is 1.95. The molecule has 1 fully saturated rings. The van der Waals surface area contributed by atoms with Crippen LogP contribution in [0.4, 0.5) is 4.39 Å². The van der Waals surface area contributed by atoms with E-state index < -0.39 is 0 Å². The zero-order valence-electron chi connectivity index (χ0n) is 13.3. The summed E-state index contributed by atoms with van der Waals surface area (Å²) in [5.74, 6) is 0.311. The highest BCUT2D eigenvalue weighted by atomic mass is 79.9. The van der Waals surface area contributed by atoms with Gasteiger partial charge in [-0.2, -0.15) is 0 Å². The number of likely N-dealkylation sites (tertiary alicyclic amines) is 1. The van der Waals surface area contributed by atoms with E-state index in [1.54, 1.807) is 13.1 Å². The zero-order valence-corrected chi connectivity index (χ0v) is 14.9. The van der Waals surface area contributed by atoms with Crippen LogP contribution in [0.1, 0.15) is 18.4 Å². The highest BCUT2D eigenvalue weighted by molar-refractivity contribution is 9.10. The minimum absolute atomic E-state index is 0.0354. The van der Waals surface area contributed by atoms with E-state index in [2.05, 4.69) is 31.1 Å². The monoisotopic (exact) mass is 385 g/mol. The number of ether oxygens (including phenoxy) is 1. The van der Waals surface area contributed by atoms with Crippen LogP contribution in [-0.4, -0.2) is 44.1 Å². The maximum absolute atomic E-state index is 13.3. The van der Waals surface area contributed by atoms with Crippen LogP contribution in [-0.2, 0) is 16.1 Å². The standard InChI is InChI=1S/C16H21BrFN3O2/c1-19-16(20-10-12-9-13(18)3-4-14(12)17)21-7-5-11(6-8-21)15(22)23-2/h3-4,9,11H,5-8,10H2,1-2H3,(H,19,20). The molecule has 1 aliphatic rings. The van der Waals surface area contributed by atoms with Gasteiger partial charge in [-0.25, -0.2) is 4.39 Å². The van der Waals surface area contributed by atoms with Crippen LogP contribution in [0.2, 0.25) is 0 Å². The molecule has 1 heterocycles. The maximum Gasteiger partial charge on any atom is 0.308 e. The second kappa shape index (κ2) is 8.29. The third-order valence-corrected chi connectivity index (χ3v) is 4.76. The summed E-state index contributed by atoms with van der Waals surface area (Å²) in [7, 11) is 3.14. The van der Waals surface area contributed by atoms with E-state index in [9.17, 15) is 9.18 Å². The Labute approximate surface area is 144 Å². The summed E-state index contributed by atoms with van der Waals surface area (Å²) in [4.78, 5) is 17.9. The van der Waals surface area contributed by atoms with Crippen molar-refractivity contribution in [3.8, 4) is 0 Å². The van der Waals surface area contributed by atoms with Gasteiger partial charge in [0.2, 0.25) is 0 Å². The molecule has 0 bridgehead atoms. The maximum atomic E-state index is 13.3. The van der Waals surface area contributed by atoms with Crippen molar-refractivity contribution in [2.75, 3.05) is 27.2 Å². The number of carbonyl (C=O) groups is 1. The van der Waals surface area contributed by atoms with Crippen molar-refractivity contribution < 1.29 is 13.9 Å². The molecule has 0 spiro atoms. The normalized spacial score (nSPS) is 16.3. The smallest absolute Gasteiger partial charge is 0.308 e. The van der Waals surface area contributed by atoms with Crippen LogP contribution in [0, 0.1) is 11.7 Å². The molecule has 1 aliphatic heterocycles. The number of esters is 1. The first kappa shape index (κ1) is 17.7. The molecular weight excluding hydrogens is 365 g/mol. The fraction of sp³-hybridized carbons (Fsp3) is 0.500. The van der Waals surface area contributed by atoms with Crippen molar-refractivity contribution in [2.24, 2.45) is 10.9 Å². The van der Waals surface area contributed by atoms with E-state index in [-0.39, 0.29) is 17.7 Å². The van der Waals surface area contributed by atoms with Crippen molar-refractivity contribution in [1.82, 2.24) is 10.2 Å². The van der Waals surface area contributed by atoms with Crippen molar-refractivity contribution in [1.29, 1.82) is 0 Å². The molecule has 1 N–H and O–H groups in total. The highest BCUT2D eigenvalue weighted by Gasteiger charge is 2.26. The number of hydrogen-bond donors (Lipinski definition) is 1. The van der Waals surface area contributed by atoms with E-state index in [1.165, 1.54) is 19.2 Å². The van der Waals surface area contributed by atoms with Crippen molar-refractivity contribution >= 4 is 27.9 Å². The first-order valence-corrected chi connectivity index (χ1v) is 8.31. The number of nitrogens with zero attached hydrogens (tertiary/aromatic N) is 2. The third kappa shape index (κ3) is 4.67. The van der Waals surface area contributed by atoms with Gasteiger partial charge < -0.3 is 15.0 Å². The fourth-order valence-electron chi connectivity index (χ4n) is 2.68. The number of piperidine rings is 1. The largest absolute Gasteiger partial charge is 0.469 e. The van der Waals surface area contributed by atoms with Crippen molar-refractivity contribution in [3.63, 3.8) is 0 Å². The lowest BCUT2D eigenvalue weighted by molar-refractivity contribution is -0.146. The Morgan fingerprint density at radius 1 is 1.48 bits per heavy atom. The van der Waals surface area contributed by atoms with Gasteiger partial charge in [-0.1, -0.05) is 15.9 Å². The first-order valence-electron chi connectivity index (χ1n) is 7.52. The Kier molecular flexibility index (Phi) is 6.38. The number of methoxy groups -OCH3 is 1. The molecule has 1 aromatic rings. The Balaban J connectivity index is 1.92. The molecule has 0 unspecified atom stereocenters. The SMILES string of the molecule is CN=C(NCc1cc(F)ccc1Br)N1CCC(C(=O)OC)CC1. The van der Waals surface area contributed by atoms with E-state index in [1.807, 2.05) is 0 Å². The van der Waals surface area contributed by atoms with Gasteiger partial charge in [-0.05, 0) is 36.6 Å². The average Bonchev–Trinajstić information content (AvgIpc) is 2.58. The van der Waals surface area contributed by atoms with E-state index >= 15 is 0 Å². The predicted octanol–water partition coefficient (Wildman–Crippen LogP) is 2.55. The minimum Gasteiger partial charge on any atom is -0.469 e. The van der Waals surface area contributed by atoms with Crippen LogP contribution >= 0.6 is 15.9 Å². The number of carbonyl (C=O) groups excluding carboxylic acids is 1. The van der Waals surface area contributed by atoms with Gasteiger partial charge in [0, 0.05) is 31.2 Å². The molecule has 0 radical (unpaired) electrons. The summed E-state index contributed by atoms with van der Waals surface area (Å²) in [6.07, 6.45) is 1.49. The summed E-state index contributed by atoms with van der Waals surface area (Å²) >= 11 is 3.42. The number of guanidine groups is 1. The third-order valence-electron chi connectivity index (χ3n) is 3.99. The second-order valence-corrected chi connectivity index (χ2v) is 6.28. The highest BCUT2D eigenvalue weighted by Crippen LogP contribution is 2.20. The molecule has 1 aromatic carbocycles. The molecule has 0 amide bonds. The number of rotatable bonds is 3. The van der Waals surface area contributed by atoms with E-state index in [4.69, 9.17) is 4.74 Å². The topological polar surface area (TPSA) is 53.9 Å². The molecule has 1 saturated heterocycles. The van der Waals surface area contributed by atoms with Crippen LogP contribution in [0.5, 0.6) is 0 Å². The van der Waals surface area contributed by atoms with Gasteiger partial charge in [0.1, 0.15) is 5.82 Å². The number of benzene rings is 1. The van der Waals surface area contributed by atoms with Gasteiger partial charge in [0.05, 0.1) is 13.0 Å². The fourth-order valence-corrected chi connectivity index (χ4v) is 3.07. The van der Waals surface area contributed by atoms with Gasteiger partial charge in [-0.3, -0.25) is 9.79 Å². The summed E-state index contributed by atoms with van der Waals surface area (Å²) in [5.41, 5.74) is 0.829. The zero-order chi connectivity index (χ0) is 16.8. The number of aliphatic imine (C=N–C) groups is 1. The molecular formula is C16H21BrFN3O2. The molecule has 5 nitrogen and oxygen atoms in total. The van der Waals surface area contributed by atoms with Crippen molar-refractivity contribution in [3.05, 3.63) is 34.1 Å². The Morgan fingerprint density at radius 3 is 2.78 bits per heavy atom.